The van der Waals surface area contributed by atoms with Crippen LogP contribution < -0.4 is 10.6 Å². The second-order valence-corrected chi connectivity index (χ2v) is 8.19. The SMILES string of the molecule is CC1CN(C(=O)CN2CCCC(CNC(=O)C3CCCN3)C2)CC(C)O1.Cl. The van der Waals surface area contributed by atoms with Gasteiger partial charge in [-0.1, -0.05) is 0 Å². The number of hydrogen-bond donors (Lipinski definition) is 2. The van der Waals surface area contributed by atoms with Gasteiger partial charge in [0.25, 0.3) is 0 Å². The first kappa shape index (κ1) is 22.4. The van der Waals surface area contributed by atoms with E-state index in [-0.39, 0.29) is 42.5 Å². The van der Waals surface area contributed by atoms with E-state index in [4.69, 9.17) is 4.74 Å². The molecule has 4 unspecified atom stereocenters. The molecule has 3 aliphatic heterocycles. The van der Waals surface area contributed by atoms with Gasteiger partial charge in [-0.15, -0.1) is 12.4 Å². The van der Waals surface area contributed by atoms with Crippen LogP contribution in [0, 0.1) is 5.92 Å². The molecule has 0 aliphatic carbocycles. The summed E-state index contributed by atoms with van der Waals surface area (Å²) in [5, 5.41) is 6.34. The van der Waals surface area contributed by atoms with Crippen molar-refractivity contribution in [3.63, 3.8) is 0 Å². The Hall–Kier alpha value is -0.890. The summed E-state index contributed by atoms with van der Waals surface area (Å²) in [6.07, 6.45) is 4.44. The number of morpholine rings is 1. The normalized spacial score (nSPS) is 32.0. The van der Waals surface area contributed by atoms with Crippen molar-refractivity contribution in [3.8, 4) is 0 Å². The molecule has 3 aliphatic rings. The van der Waals surface area contributed by atoms with Crippen molar-refractivity contribution >= 4 is 24.2 Å². The second kappa shape index (κ2) is 10.6. The van der Waals surface area contributed by atoms with Gasteiger partial charge >= 0.3 is 0 Å². The zero-order valence-electron chi connectivity index (χ0n) is 16.6. The molecule has 3 heterocycles. The van der Waals surface area contributed by atoms with E-state index in [2.05, 4.69) is 15.5 Å². The minimum atomic E-state index is -0.0124. The maximum absolute atomic E-state index is 12.7. The van der Waals surface area contributed by atoms with Crippen LogP contribution in [-0.2, 0) is 14.3 Å². The molecule has 7 nitrogen and oxygen atoms in total. The molecule has 27 heavy (non-hydrogen) atoms. The highest BCUT2D eigenvalue weighted by atomic mass is 35.5. The lowest BCUT2D eigenvalue weighted by Gasteiger charge is -2.38. The fourth-order valence-electron chi connectivity index (χ4n) is 4.41. The third-order valence-electron chi connectivity index (χ3n) is 5.68. The molecule has 2 N–H and O–H groups in total. The van der Waals surface area contributed by atoms with E-state index in [1.165, 1.54) is 0 Å². The molecule has 2 amide bonds. The van der Waals surface area contributed by atoms with Crippen LogP contribution in [-0.4, -0.2) is 85.7 Å². The highest BCUT2D eigenvalue weighted by Crippen LogP contribution is 2.17. The smallest absolute Gasteiger partial charge is 0.237 e. The van der Waals surface area contributed by atoms with E-state index >= 15 is 0 Å². The molecule has 3 rings (SSSR count). The van der Waals surface area contributed by atoms with Crippen LogP contribution in [0.2, 0.25) is 0 Å². The van der Waals surface area contributed by atoms with Crippen molar-refractivity contribution in [3.05, 3.63) is 0 Å². The summed E-state index contributed by atoms with van der Waals surface area (Å²) in [6.45, 7) is 9.41. The Bertz CT molecular complexity index is 491. The number of nitrogens with zero attached hydrogens (tertiary/aromatic N) is 2. The molecule has 4 atom stereocenters. The number of carbonyl (C=O) groups excluding carboxylic acids is 2. The molecule has 3 fully saturated rings. The van der Waals surface area contributed by atoms with Crippen molar-refractivity contribution in [2.75, 3.05) is 45.8 Å². The zero-order chi connectivity index (χ0) is 18.5. The first-order valence-electron chi connectivity index (χ1n) is 10.2. The van der Waals surface area contributed by atoms with Crippen molar-refractivity contribution < 1.29 is 14.3 Å². The van der Waals surface area contributed by atoms with Crippen LogP contribution in [0.15, 0.2) is 0 Å². The van der Waals surface area contributed by atoms with Gasteiger partial charge in [0.15, 0.2) is 0 Å². The van der Waals surface area contributed by atoms with Crippen LogP contribution in [0.25, 0.3) is 0 Å². The highest BCUT2D eigenvalue weighted by molar-refractivity contribution is 5.85. The first-order valence-corrected chi connectivity index (χ1v) is 10.2. The number of amides is 2. The van der Waals surface area contributed by atoms with E-state index in [1.807, 2.05) is 18.7 Å². The number of halogens is 1. The van der Waals surface area contributed by atoms with Crippen LogP contribution in [0.3, 0.4) is 0 Å². The maximum atomic E-state index is 12.7. The van der Waals surface area contributed by atoms with Gasteiger partial charge in [0.1, 0.15) is 0 Å². The quantitative estimate of drug-likeness (QED) is 0.705. The van der Waals surface area contributed by atoms with E-state index in [1.54, 1.807) is 0 Å². The molecule has 0 radical (unpaired) electrons. The number of nitrogens with one attached hydrogen (secondary N) is 2. The highest BCUT2D eigenvalue weighted by Gasteiger charge is 2.29. The summed E-state index contributed by atoms with van der Waals surface area (Å²) in [5.41, 5.74) is 0. The summed E-state index contributed by atoms with van der Waals surface area (Å²) in [7, 11) is 0. The predicted molar refractivity (Wildman–Crippen MR) is 107 cm³/mol. The molecule has 0 bridgehead atoms. The van der Waals surface area contributed by atoms with Gasteiger partial charge in [0.05, 0.1) is 24.8 Å². The van der Waals surface area contributed by atoms with Crippen molar-refractivity contribution in [2.45, 2.75) is 57.8 Å². The molecule has 0 aromatic heterocycles. The minimum absolute atomic E-state index is 0. The molecule has 0 aromatic rings. The molecule has 0 aromatic carbocycles. The van der Waals surface area contributed by atoms with Gasteiger partial charge < -0.3 is 20.3 Å². The Morgan fingerprint density at radius 1 is 1.11 bits per heavy atom. The van der Waals surface area contributed by atoms with Crippen LogP contribution in [0.1, 0.15) is 39.5 Å². The molecular formula is C19H35ClN4O3. The molecular weight excluding hydrogens is 368 g/mol. The van der Waals surface area contributed by atoms with E-state index in [0.29, 0.717) is 32.1 Å². The third kappa shape index (κ3) is 6.59. The van der Waals surface area contributed by atoms with Crippen molar-refractivity contribution in [1.82, 2.24) is 20.4 Å². The van der Waals surface area contributed by atoms with Gasteiger partial charge in [-0.3, -0.25) is 14.5 Å². The molecule has 0 saturated carbocycles. The van der Waals surface area contributed by atoms with Crippen LogP contribution >= 0.6 is 12.4 Å². The molecule has 8 heteroatoms. The number of carbonyl (C=O) groups is 2. The Balaban J connectivity index is 0.00000261. The second-order valence-electron chi connectivity index (χ2n) is 8.19. The Morgan fingerprint density at radius 2 is 1.85 bits per heavy atom. The van der Waals surface area contributed by atoms with Crippen LogP contribution in [0.4, 0.5) is 0 Å². The van der Waals surface area contributed by atoms with Gasteiger partial charge in [0.2, 0.25) is 11.8 Å². The number of likely N-dealkylation sites (tertiary alicyclic amines) is 1. The summed E-state index contributed by atoms with van der Waals surface area (Å²) >= 11 is 0. The monoisotopic (exact) mass is 402 g/mol. The minimum Gasteiger partial charge on any atom is -0.372 e. The Morgan fingerprint density at radius 3 is 2.52 bits per heavy atom. The number of ether oxygens (including phenoxy) is 1. The first-order chi connectivity index (χ1) is 12.5. The average molecular weight is 403 g/mol. The molecule has 3 saturated heterocycles. The Labute approximate surface area is 168 Å². The standard InChI is InChI=1S/C19H34N4O3.ClH/c1-14-10-23(11-15(2)26-14)18(24)13-22-8-4-5-16(12-22)9-21-19(25)17-6-3-7-20-17;/h14-17,20H,3-13H2,1-2H3,(H,21,25);1H. The lowest BCUT2D eigenvalue weighted by molar-refractivity contribution is -0.144. The summed E-state index contributed by atoms with van der Waals surface area (Å²) in [6, 6.07) is -0.0124. The number of piperidine rings is 1. The van der Waals surface area contributed by atoms with Crippen molar-refractivity contribution in [1.29, 1.82) is 0 Å². The van der Waals surface area contributed by atoms with Crippen LogP contribution in [0.5, 0.6) is 0 Å². The number of rotatable bonds is 5. The van der Waals surface area contributed by atoms with Crippen molar-refractivity contribution in [2.24, 2.45) is 5.92 Å². The van der Waals surface area contributed by atoms with Gasteiger partial charge in [0, 0.05) is 26.2 Å². The summed E-state index contributed by atoms with van der Waals surface area (Å²) in [4.78, 5) is 29.0. The van der Waals surface area contributed by atoms with E-state index in [9.17, 15) is 9.59 Å². The predicted octanol–water partition coefficient (Wildman–Crippen LogP) is 0.624. The average Bonchev–Trinajstić information content (AvgIpc) is 3.14. The third-order valence-corrected chi connectivity index (χ3v) is 5.68. The largest absolute Gasteiger partial charge is 0.372 e. The fraction of sp³-hybridized carbons (Fsp3) is 0.895. The number of hydrogen-bond acceptors (Lipinski definition) is 5. The van der Waals surface area contributed by atoms with Gasteiger partial charge in [-0.2, -0.15) is 0 Å². The lowest BCUT2D eigenvalue weighted by atomic mass is 9.97. The van der Waals surface area contributed by atoms with E-state index in [0.717, 1.165) is 45.3 Å². The van der Waals surface area contributed by atoms with Gasteiger partial charge in [-0.25, -0.2) is 0 Å². The molecule has 0 spiro atoms. The summed E-state index contributed by atoms with van der Waals surface area (Å²) in [5.74, 6) is 0.767. The zero-order valence-corrected chi connectivity index (χ0v) is 17.4. The Kier molecular flexibility index (Phi) is 8.79. The van der Waals surface area contributed by atoms with E-state index < -0.39 is 0 Å². The van der Waals surface area contributed by atoms with Gasteiger partial charge in [-0.05, 0) is 58.5 Å². The lowest BCUT2D eigenvalue weighted by Crippen LogP contribution is -2.52. The summed E-state index contributed by atoms with van der Waals surface area (Å²) < 4.78 is 5.72. The molecule has 156 valence electrons. The fourth-order valence-corrected chi connectivity index (χ4v) is 4.41. The maximum Gasteiger partial charge on any atom is 0.237 e. The topological polar surface area (TPSA) is 73.9 Å².